The maximum absolute atomic E-state index is 12.6. The van der Waals surface area contributed by atoms with Crippen LogP contribution in [0.1, 0.15) is 24.0 Å². The quantitative estimate of drug-likeness (QED) is 0.852. The van der Waals surface area contributed by atoms with Gasteiger partial charge in [-0.05, 0) is 32.0 Å². The predicted molar refractivity (Wildman–Crippen MR) is 90.0 cm³/mol. The summed E-state index contributed by atoms with van der Waals surface area (Å²) in [5.74, 6) is 0.980. The van der Waals surface area contributed by atoms with Crippen LogP contribution in [0.3, 0.4) is 0 Å². The normalized spacial score (nSPS) is 14.4. The van der Waals surface area contributed by atoms with Gasteiger partial charge in [-0.15, -0.1) is 0 Å². The second-order valence-electron chi connectivity index (χ2n) is 5.86. The van der Waals surface area contributed by atoms with Crippen LogP contribution in [0.2, 0.25) is 5.02 Å². The van der Waals surface area contributed by atoms with Crippen LogP contribution in [-0.4, -0.2) is 26.5 Å². The minimum Gasteiger partial charge on any atom is -0.481 e. The van der Waals surface area contributed by atoms with E-state index in [4.69, 9.17) is 16.3 Å². The lowest BCUT2D eigenvalue weighted by Crippen LogP contribution is -2.37. The first-order valence-corrected chi connectivity index (χ1v) is 8.01. The second kappa shape index (κ2) is 6.28. The van der Waals surface area contributed by atoms with E-state index < -0.39 is 6.10 Å². The van der Waals surface area contributed by atoms with Gasteiger partial charge in [0.1, 0.15) is 11.6 Å². The average molecular weight is 348 g/mol. The number of ether oxygens (including phenoxy) is 1. The lowest BCUT2D eigenvalue weighted by Gasteiger charge is -2.21. The van der Waals surface area contributed by atoms with E-state index in [0.29, 0.717) is 34.4 Å². The molecule has 1 aromatic carbocycles. The summed E-state index contributed by atoms with van der Waals surface area (Å²) in [6.45, 7) is 4.05. The molecule has 126 valence electrons. The molecule has 24 heavy (non-hydrogen) atoms. The molecule has 0 aliphatic carbocycles. The lowest BCUT2D eigenvalue weighted by atomic mass is 10.2. The third kappa shape index (κ3) is 3.01. The van der Waals surface area contributed by atoms with Crippen molar-refractivity contribution in [2.75, 3.05) is 0 Å². The van der Waals surface area contributed by atoms with Crippen LogP contribution in [0.4, 0.5) is 0 Å². The Morgan fingerprint density at radius 3 is 2.83 bits per heavy atom. The number of amides is 1. The molecule has 1 aliphatic heterocycles. The van der Waals surface area contributed by atoms with Gasteiger partial charge in [-0.3, -0.25) is 14.2 Å². The largest absolute Gasteiger partial charge is 0.481 e. The Hall–Kier alpha value is -2.34. The van der Waals surface area contributed by atoms with Crippen LogP contribution in [-0.2, 0) is 24.9 Å². The van der Waals surface area contributed by atoms with Gasteiger partial charge >= 0.3 is 0 Å². The first kappa shape index (κ1) is 16.5. The molecular weight excluding hydrogens is 330 g/mol. The molecule has 2 heterocycles. The van der Waals surface area contributed by atoms with Crippen molar-refractivity contribution in [3.05, 3.63) is 56.7 Å². The van der Waals surface area contributed by atoms with Crippen molar-refractivity contribution in [1.82, 2.24) is 14.5 Å². The highest BCUT2D eigenvalue weighted by Crippen LogP contribution is 2.22. The molecule has 6 nitrogen and oxygen atoms in total. The number of aryl methyl sites for hydroxylation is 1. The number of carbonyl (C=O) groups excluding carboxylic acids is 1. The predicted octanol–water partition coefficient (Wildman–Crippen LogP) is 2.05. The summed E-state index contributed by atoms with van der Waals surface area (Å²) < 4.78 is 7.17. The van der Waals surface area contributed by atoms with Gasteiger partial charge < -0.3 is 9.64 Å². The molecule has 0 fully saturated rings. The Kier molecular flexibility index (Phi) is 4.32. The monoisotopic (exact) mass is 347 g/mol. The fourth-order valence-electron chi connectivity index (χ4n) is 2.74. The van der Waals surface area contributed by atoms with E-state index in [2.05, 4.69) is 4.98 Å². The SMILES string of the molecule is Cc1nc2c(c(=O)n1C)CN(C(=O)C(C)Oc1cccc(Cl)c1)C2. The fourth-order valence-corrected chi connectivity index (χ4v) is 2.92. The molecule has 3 rings (SSSR count). The molecule has 0 bridgehead atoms. The Morgan fingerprint density at radius 2 is 2.12 bits per heavy atom. The van der Waals surface area contributed by atoms with E-state index in [1.54, 1.807) is 50.1 Å². The molecule has 0 spiro atoms. The number of hydrogen-bond acceptors (Lipinski definition) is 4. The Balaban J connectivity index is 1.75. The van der Waals surface area contributed by atoms with E-state index >= 15 is 0 Å². The van der Waals surface area contributed by atoms with E-state index in [1.807, 2.05) is 0 Å². The van der Waals surface area contributed by atoms with E-state index in [9.17, 15) is 9.59 Å². The topological polar surface area (TPSA) is 64.4 Å². The Bertz CT molecular complexity index is 863. The van der Waals surface area contributed by atoms with Gasteiger partial charge in [-0.2, -0.15) is 0 Å². The zero-order valence-electron chi connectivity index (χ0n) is 13.7. The molecular formula is C17H18ClN3O3. The highest BCUT2D eigenvalue weighted by Gasteiger charge is 2.31. The van der Waals surface area contributed by atoms with Crippen LogP contribution < -0.4 is 10.3 Å². The summed E-state index contributed by atoms with van der Waals surface area (Å²) in [5.41, 5.74) is 1.14. The molecule has 7 heteroatoms. The summed E-state index contributed by atoms with van der Waals surface area (Å²) in [6, 6.07) is 6.90. The van der Waals surface area contributed by atoms with Gasteiger partial charge in [0.15, 0.2) is 6.10 Å². The smallest absolute Gasteiger partial charge is 0.264 e. The number of nitrogens with zero attached hydrogens (tertiary/aromatic N) is 3. The van der Waals surface area contributed by atoms with E-state index in [1.165, 1.54) is 4.57 Å². The summed E-state index contributed by atoms with van der Waals surface area (Å²) in [6.07, 6.45) is -0.678. The maximum atomic E-state index is 12.6. The third-order valence-electron chi connectivity index (χ3n) is 4.15. The number of carbonyl (C=O) groups is 1. The third-order valence-corrected chi connectivity index (χ3v) is 4.39. The molecule has 1 atom stereocenters. The van der Waals surface area contributed by atoms with E-state index in [-0.39, 0.29) is 18.0 Å². The fraction of sp³-hybridized carbons (Fsp3) is 0.353. The van der Waals surface area contributed by atoms with Crippen LogP contribution >= 0.6 is 11.6 Å². The van der Waals surface area contributed by atoms with Crippen LogP contribution in [0.5, 0.6) is 5.75 Å². The molecule has 0 saturated heterocycles. The Labute approximate surface area is 144 Å². The minimum atomic E-state index is -0.678. The lowest BCUT2D eigenvalue weighted by molar-refractivity contribution is -0.138. The Morgan fingerprint density at radius 1 is 1.38 bits per heavy atom. The van der Waals surface area contributed by atoms with Crippen molar-refractivity contribution in [2.24, 2.45) is 7.05 Å². The molecule has 0 saturated carbocycles. The van der Waals surface area contributed by atoms with Gasteiger partial charge in [0.05, 0.1) is 24.3 Å². The summed E-state index contributed by atoms with van der Waals surface area (Å²) in [7, 11) is 1.68. The van der Waals surface area contributed by atoms with Crippen molar-refractivity contribution < 1.29 is 9.53 Å². The standard InChI is InChI=1S/C17H18ClN3O3/c1-10(24-13-6-4-5-12(18)7-13)16(22)21-8-14-15(9-21)19-11(2)20(3)17(14)23/h4-7,10H,8-9H2,1-3H3. The second-order valence-corrected chi connectivity index (χ2v) is 6.30. The number of fused-ring (bicyclic) bond motifs is 1. The number of hydrogen-bond donors (Lipinski definition) is 0. The molecule has 0 radical (unpaired) electrons. The van der Waals surface area contributed by atoms with Gasteiger partial charge in [-0.1, -0.05) is 17.7 Å². The van der Waals surface area contributed by atoms with Crippen molar-refractivity contribution in [1.29, 1.82) is 0 Å². The number of benzene rings is 1. The summed E-state index contributed by atoms with van der Waals surface area (Å²) in [5, 5.41) is 0.545. The van der Waals surface area contributed by atoms with Crippen molar-refractivity contribution >= 4 is 17.5 Å². The molecule has 1 aliphatic rings. The first-order chi connectivity index (χ1) is 11.4. The number of rotatable bonds is 3. The number of aromatic nitrogens is 2. The van der Waals surface area contributed by atoms with Gasteiger partial charge in [-0.25, -0.2) is 4.98 Å². The molecule has 1 unspecified atom stereocenters. The van der Waals surface area contributed by atoms with Crippen LogP contribution in [0.15, 0.2) is 29.1 Å². The van der Waals surface area contributed by atoms with Gasteiger partial charge in [0.2, 0.25) is 0 Å². The summed E-state index contributed by atoms with van der Waals surface area (Å²) in [4.78, 5) is 30.9. The van der Waals surface area contributed by atoms with Crippen molar-refractivity contribution in [2.45, 2.75) is 33.0 Å². The summed E-state index contributed by atoms with van der Waals surface area (Å²) >= 11 is 5.92. The highest BCUT2D eigenvalue weighted by atomic mass is 35.5. The molecule has 1 aromatic heterocycles. The van der Waals surface area contributed by atoms with Crippen molar-refractivity contribution in [3.63, 3.8) is 0 Å². The number of halogens is 1. The molecule has 2 aromatic rings. The highest BCUT2D eigenvalue weighted by molar-refractivity contribution is 6.30. The van der Waals surface area contributed by atoms with Crippen LogP contribution in [0.25, 0.3) is 0 Å². The minimum absolute atomic E-state index is 0.101. The van der Waals surface area contributed by atoms with Gasteiger partial charge in [0.25, 0.3) is 11.5 Å². The first-order valence-electron chi connectivity index (χ1n) is 7.63. The van der Waals surface area contributed by atoms with Crippen LogP contribution in [0, 0.1) is 6.92 Å². The average Bonchev–Trinajstić information content (AvgIpc) is 2.96. The van der Waals surface area contributed by atoms with Gasteiger partial charge in [0, 0.05) is 12.1 Å². The zero-order chi connectivity index (χ0) is 17.4. The van der Waals surface area contributed by atoms with E-state index in [0.717, 1.165) is 0 Å². The molecule has 0 N–H and O–H groups in total. The zero-order valence-corrected chi connectivity index (χ0v) is 14.5. The van der Waals surface area contributed by atoms with Crippen molar-refractivity contribution in [3.8, 4) is 5.75 Å². The maximum Gasteiger partial charge on any atom is 0.264 e. The molecule has 1 amide bonds.